The third kappa shape index (κ3) is 6.93. The summed E-state index contributed by atoms with van der Waals surface area (Å²) in [6.45, 7) is 10.3. The van der Waals surface area contributed by atoms with Crippen LogP contribution in [-0.4, -0.2) is 34.6 Å². The summed E-state index contributed by atoms with van der Waals surface area (Å²) in [6, 6.07) is 15.7. The van der Waals surface area contributed by atoms with Crippen LogP contribution >= 0.6 is 11.8 Å². The Morgan fingerprint density at radius 2 is 1.69 bits per heavy atom. The summed E-state index contributed by atoms with van der Waals surface area (Å²) in [5, 5.41) is 3.01. The van der Waals surface area contributed by atoms with Gasteiger partial charge in [0.2, 0.25) is 11.8 Å². The minimum Gasteiger partial charge on any atom is -0.352 e. The summed E-state index contributed by atoms with van der Waals surface area (Å²) in [4.78, 5) is 28.6. The maximum atomic E-state index is 13.1. The van der Waals surface area contributed by atoms with Crippen molar-refractivity contribution in [1.29, 1.82) is 0 Å². The zero-order valence-corrected chi connectivity index (χ0v) is 18.9. The van der Waals surface area contributed by atoms with Crippen LogP contribution in [0.4, 0.5) is 0 Å². The SMILES string of the molecule is CC[C@@H](C)NC(=O)[C@@H](C)N(Cc1ccccc1C)C(=O)CSc1ccc(C)cc1. The van der Waals surface area contributed by atoms with Crippen LogP contribution in [0.2, 0.25) is 0 Å². The summed E-state index contributed by atoms with van der Waals surface area (Å²) < 4.78 is 0. The van der Waals surface area contributed by atoms with Crippen LogP contribution in [0.15, 0.2) is 53.4 Å². The lowest BCUT2D eigenvalue weighted by molar-refractivity contribution is -0.138. The number of nitrogens with one attached hydrogen (secondary N) is 1. The van der Waals surface area contributed by atoms with Crippen molar-refractivity contribution >= 4 is 23.6 Å². The van der Waals surface area contributed by atoms with Gasteiger partial charge in [0.15, 0.2) is 0 Å². The summed E-state index contributed by atoms with van der Waals surface area (Å²) >= 11 is 1.50. The second-order valence-electron chi connectivity index (χ2n) is 7.54. The molecule has 0 saturated heterocycles. The Labute approximate surface area is 179 Å². The average Bonchev–Trinajstić information content (AvgIpc) is 2.71. The van der Waals surface area contributed by atoms with Crippen molar-refractivity contribution in [1.82, 2.24) is 10.2 Å². The molecule has 1 N–H and O–H groups in total. The van der Waals surface area contributed by atoms with Crippen LogP contribution in [0.25, 0.3) is 0 Å². The van der Waals surface area contributed by atoms with Crippen molar-refractivity contribution in [2.45, 2.75) is 64.6 Å². The van der Waals surface area contributed by atoms with Gasteiger partial charge in [-0.2, -0.15) is 0 Å². The largest absolute Gasteiger partial charge is 0.352 e. The minimum absolute atomic E-state index is 0.0365. The fourth-order valence-corrected chi connectivity index (χ4v) is 3.67. The second kappa shape index (κ2) is 11.1. The van der Waals surface area contributed by atoms with E-state index < -0.39 is 6.04 Å². The van der Waals surface area contributed by atoms with Crippen molar-refractivity contribution in [2.75, 3.05) is 5.75 Å². The highest BCUT2D eigenvalue weighted by atomic mass is 32.2. The van der Waals surface area contributed by atoms with E-state index in [4.69, 9.17) is 0 Å². The predicted molar refractivity (Wildman–Crippen MR) is 121 cm³/mol. The van der Waals surface area contributed by atoms with E-state index in [2.05, 4.69) is 5.32 Å². The molecule has 0 aliphatic heterocycles. The van der Waals surface area contributed by atoms with E-state index in [9.17, 15) is 9.59 Å². The normalized spacial score (nSPS) is 12.9. The number of hydrogen-bond donors (Lipinski definition) is 1. The van der Waals surface area contributed by atoms with Crippen molar-refractivity contribution in [3.8, 4) is 0 Å². The first kappa shape index (κ1) is 23.0. The number of carbonyl (C=O) groups excluding carboxylic acids is 2. The van der Waals surface area contributed by atoms with E-state index in [1.807, 2.05) is 83.1 Å². The van der Waals surface area contributed by atoms with Gasteiger partial charge in [0.25, 0.3) is 0 Å². The molecule has 4 nitrogen and oxygen atoms in total. The van der Waals surface area contributed by atoms with Gasteiger partial charge in [-0.25, -0.2) is 0 Å². The van der Waals surface area contributed by atoms with Crippen LogP contribution in [0.3, 0.4) is 0 Å². The van der Waals surface area contributed by atoms with Gasteiger partial charge in [-0.3, -0.25) is 9.59 Å². The first-order valence-electron chi connectivity index (χ1n) is 10.2. The molecule has 2 aromatic rings. The first-order chi connectivity index (χ1) is 13.8. The Balaban J connectivity index is 2.15. The highest BCUT2D eigenvalue weighted by Gasteiger charge is 2.27. The number of thioether (sulfide) groups is 1. The molecule has 2 rings (SSSR count). The van der Waals surface area contributed by atoms with E-state index >= 15 is 0 Å². The smallest absolute Gasteiger partial charge is 0.242 e. The molecule has 0 aromatic heterocycles. The first-order valence-corrected chi connectivity index (χ1v) is 11.1. The molecule has 2 atom stereocenters. The number of aryl methyl sites for hydroxylation is 2. The Bertz CT molecular complexity index is 820. The van der Waals surface area contributed by atoms with Crippen LogP contribution in [0.1, 0.15) is 43.9 Å². The van der Waals surface area contributed by atoms with Gasteiger partial charge in [0, 0.05) is 17.5 Å². The maximum Gasteiger partial charge on any atom is 0.242 e. The fraction of sp³-hybridized carbons (Fsp3) is 0.417. The quantitative estimate of drug-likeness (QED) is 0.606. The number of hydrogen-bond acceptors (Lipinski definition) is 3. The Morgan fingerprint density at radius 1 is 1.03 bits per heavy atom. The molecular weight excluding hydrogens is 380 g/mol. The topological polar surface area (TPSA) is 49.4 Å². The van der Waals surface area contributed by atoms with Crippen LogP contribution in [0.5, 0.6) is 0 Å². The number of rotatable bonds is 9. The maximum absolute atomic E-state index is 13.1. The van der Waals surface area contributed by atoms with Gasteiger partial charge in [0.05, 0.1) is 5.75 Å². The van der Waals surface area contributed by atoms with Crippen LogP contribution in [-0.2, 0) is 16.1 Å². The number of carbonyl (C=O) groups is 2. The molecule has 156 valence electrons. The second-order valence-corrected chi connectivity index (χ2v) is 8.59. The van der Waals surface area contributed by atoms with E-state index in [1.165, 1.54) is 17.3 Å². The molecule has 5 heteroatoms. The Kier molecular flexibility index (Phi) is 8.77. The molecule has 0 radical (unpaired) electrons. The van der Waals surface area contributed by atoms with Gasteiger partial charge in [-0.1, -0.05) is 48.9 Å². The third-order valence-electron chi connectivity index (χ3n) is 5.15. The van der Waals surface area contributed by atoms with Gasteiger partial charge in [0.1, 0.15) is 6.04 Å². The minimum atomic E-state index is -0.533. The van der Waals surface area contributed by atoms with Crippen molar-refractivity contribution in [3.63, 3.8) is 0 Å². The van der Waals surface area contributed by atoms with Crippen LogP contribution in [0, 0.1) is 13.8 Å². The molecule has 0 aliphatic rings. The summed E-state index contributed by atoms with van der Waals surface area (Å²) in [6.07, 6.45) is 0.855. The standard InChI is InChI=1S/C24H32N2O2S/c1-6-19(4)25-24(28)20(5)26(15-21-10-8-7-9-18(21)3)23(27)16-29-22-13-11-17(2)12-14-22/h7-14,19-20H,6,15-16H2,1-5H3,(H,25,28)/t19-,20-/m1/s1. The highest BCUT2D eigenvalue weighted by molar-refractivity contribution is 8.00. The zero-order valence-electron chi connectivity index (χ0n) is 18.1. The summed E-state index contributed by atoms with van der Waals surface area (Å²) in [5.74, 6) is 0.155. The molecule has 2 aromatic carbocycles. The number of nitrogens with zero attached hydrogens (tertiary/aromatic N) is 1. The van der Waals surface area contributed by atoms with Gasteiger partial charge in [-0.05, 0) is 57.4 Å². The van der Waals surface area contributed by atoms with E-state index in [0.29, 0.717) is 12.3 Å². The zero-order chi connectivity index (χ0) is 21.4. The lowest BCUT2D eigenvalue weighted by Gasteiger charge is -2.30. The van der Waals surface area contributed by atoms with E-state index in [0.717, 1.165) is 22.4 Å². The monoisotopic (exact) mass is 412 g/mol. The molecular formula is C24H32N2O2S. The third-order valence-corrected chi connectivity index (χ3v) is 6.15. The molecule has 0 aliphatic carbocycles. The van der Waals surface area contributed by atoms with Gasteiger partial charge in [-0.15, -0.1) is 11.8 Å². The summed E-state index contributed by atoms with van der Waals surface area (Å²) in [7, 11) is 0. The van der Waals surface area contributed by atoms with Crippen LogP contribution < -0.4 is 5.32 Å². The lowest BCUT2D eigenvalue weighted by Crippen LogP contribution is -2.50. The predicted octanol–water partition coefficient (Wildman–Crippen LogP) is 4.73. The van der Waals surface area contributed by atoms with E-state index in [1.54, 1.807) is 4.90 Å². The Hall–Kier alpha value is -2.27. The van der Waals surface area contributed by atoms with Gasteiger partial charge >= 0.3 is 0 Å². The fourth-order valence-electron chi connectivity index (χ4n) is 2.88. The number of benzene rings is 2. The summed E-state index contributed by atoms with van der Waals surface area (Å²) in [5.41, 5.74) is 3.37. The molecule has 0 unspecified atom stereocenters. The molecule has 0 fully saturated rings. The molecule has 0 saturated carbocycles. The van der Waals surface area contributed by atoms with E-state index in [-0.39, 0.29) is 17.9 Å². The van der Waals surface area contributed by atoms with Gasteiger partial charge < -0.3 is 10.2 Å². The lowest BCUT2D eigenvalue weighted by atomic mass is 10.1. The average molecular weight is 413 g/mol. The van der Waals surface area contributed by atoms with Crippen molar-refractivity contribution in [2.24, 2.45) is 0 Å². The van der Waals surface area contributed by atoms with Crippen molar-refractivity contribution < 1.29 is 9.59 Å². The molecule has 2 amide bonds. The molecule has 0 bridgehead atoms. The Morgan fingerprint density at radius 3 is 2.31 bits per heavy atom. The van der Waals surface area contributed by atoms with Crippen molar-refractivity contribution in [3.05, 3.63) is 65.2 Å². The molecule has 29 heavy (non-hydrogen) atoms. The molecule has 0 heterocycles. The number of amides is 2. The highest BCUT2D eigenvalue weighted by Crippen LogP contribution is 2.21. The molecule has 0 spiro atoms.